The molecule has 3 rings (SSSR count). The van der Waals surface area contributed by atoms with Gasteiger partial charge in [0.15, 0.2) is 0 Å². The van der Waals surface area contributed by atoms with Crippen LogP contribution in [0.3, 0.4) is 0 Å². The van der Waals surface area contributed by atoms with E-state index in [0.717, 1.165) is 29.8 Å². The Morgan fingerprint density at radius 1 is 1.27 bits per heavy atom. The van der Waals surface area contributed by atoms with Crippen molar-refractivity contribution in [1.82, 2.24) is 9.97 Å². The minimum absolute atomic E-state index is 0.0665. The third-order valence-electron chi connectivity index (χ3n) is 3.57. The molecule has 0 saturated heterocycles. The van der Waals surface area contributed by atoms with Gasteiger partial charge in [0.1, 0.15) is 0 Å². The summed E-state index contributed by atoms with van der Waals surface area (Å²) in [7, 11) is 1.31. The molecule has 1 aliphatic rings. The van der Waals surface area contributed by atoms with Crippen LogP contribution in [-0.4, -0.2) is 29.6 Å². The first-order valence-corrected chi connectivity index (χ1v) is 6.96. The Labute approximate surface area is 129 Å². The molecule has 2 heterocycles. The molecule has 0 radical (unpaired) electrons. The van der Waals surface area contributed by atoms with Crippen LogP contribution in [-0.2, 0) is 11.2 Å². The van der Waals surface area contributed by atoms with Crippen LogP contribution < -0.4 is 4.90 Å². The number of rotatable bonds is 2. The molecule has 0 N–H and O–H groups in total. The zero-order valence-corrected chi connectivity index (χ0v) is 12.5. The Bertz CT molecular complexity index is 773. The monoisotopic (exact) mass is 293 g/mol. The van der Waals surface area contributed by atoms with Gasteiger partial charge in [-0.15, -0.1) is 0 Å². The molecule has 1 aliphatic heterocycles. The average Bonchev–Trinajstić information content (AvgIpc) is 2.97. The lowest BCUT2D eigenvalue weighted by Crippen LogP contribution is -2.12. The maximum Gasteiger partial charge on any atom is 0.376 e. The van der Waals surface area contributed by atoms with Crippen molar-refractivity contribution in [2.45, 2.75) is 13.3 Å². The number of ether oxygens (including phenoxy) is 1. The van der Waals surface area contributed by atoms with E-state index in [1.807, 2.05) is 13.0 Å². The number of esters is 1. The maximum atomic E-state index is 11.3. The van der Waals surface area contributed by atoms with E-state index in [0.29, 0.717) is 0 Å². The van der Waals surface area contributed by atoms with Crippen molar-refractivity contribution in [3.05, 3.63) is 42.0 Å². The van der Waals surface area contributed by atoms with Crippen LogP contribution >= 0.6 is 0 Å². The number of anilines is 1. The summed E-state index contributed by atoms with van der Waals surface area (Å²) in [6, 6.07) is 9.31. The Balaban J connectivity index is 1.90. The third-order valence-corrected chi connectivity index (χ3v) is 3.57. The van der Waals surface area contributed by atoms with E-state index in [9.17, 15) is 4.79 Å². The van der Waals surface area contributed by atoms with Gasteiger partial charge < -0.3 is 9.64 Å². The molecule has 0 spiro atoms. The van der Waals surface area contributed by atoms with Crippen molar-refractivity contribution in [3.63, 3.8) is 0 Å². The Kier molecular flexibility index (Phi) is 3.75. The van der Waals surface area contributed by atoms with Gasteiger partial charge in [-0.25, -0.2) is 14.8 Å². The average molecular weight is 293 g/mol. The Hall–Kier alpha value is -2.87. The van der Waals surface area contributed by atoms with E-state index in [4.69, 9.17) is 0 Å². The number of carbonyl (C=O) groups is 1. The van der Waals surface area contributed by atoms with Crippen molar-refractivity contribution in [2.75, 3.05) is 18.6 Å². The number of methoxy groups -OCH3 is 1. The Morgan fingerprint density at radius 2 is 2.05 bits per heavy atom. The van der Waals surface area contributed by atoms with Gasteiger partial charge in [0.25, 0.3) is 0 Å². The smallest absolute Gasteiger partial charge is 0.376 e. The zero-order valence-electron chi connectivity index (χ0n) is 12.5. The minimum atomic E-state index is -0.533. The predicted molar refractivity (Wildman–Crippen MR) is 83.3 cm³/mol. The number of hydrogen-bond donors (Lipinski definition) is 0. The van der Waals surface area contributed by atoms with Gasteiger partial charge in [-0.1, -0.05) is 12.0 Å². The topological polar surface area (TPSA) is 55.3 Å². The molecule has 1 aromatic carbocycles. The summed E-state index contributed by atoms with van der Waals surface area (Å²) in [5.74, 6) is 2.46. The third kappa shape index (κ3) is 2.51. The number of hydrogen-bond acceptors (Lipinski definition) is 5. The van der Waals surface area contributed by atoms with E-state index >= 15 is 0 Å². The fourth-order valence-corrected chi connectivity index (χ4v) is 2.51. The molecular weight excluding hydrogens is 278 g/mol. The molecule has 1 aromatic heterocycles. The molecule has 5 nitrogen and oxygen atoms in total. The van der Waals surface area contributed by atoms with Gasteiger partial charge in [0, 0.05) is 30.5 Å². The summed E-state index contributed by atoms with van der Waals surface area (Å²) in [5.41, 5.74) is 4.32. The van der Waals surface area contributed by atoms with Crippen LogP contribution in [0.25, 0.3) is 11.1 Å². The van der Waals surface area contributed by atoms with Gasteiger partial charge >= 0.3 is 5.97 Å². The second-order valence-electron chi connectivity index (χ2n) is 4.89. The van der Waals surface area contributed by atoms with E-state index in [-0.39, 0.29) is 5.82 Å². The lowest BCUT2D eigenvalue weighted by molar-refractivity contribution is 0.0586. The molecule has 0 aliphatic carbocycles. The fraction of sp³-hybridized carbons (Fsp3) is 0.235. The molecule has 0 unspecified atom stereocenters. The van der Waals surface area contributed by atoms with E-state index in [2.05, 4.69) is 43.7 Å². The van der Waals surface area contributed by atoms with Crippen molar-refractivity contribution in [1.29, 1.82) is 0 Å². The van der Waals surface area contributed by atoms with Gasteiger partial charge in [0.05, 0.1) is 12.8 Å². The van der Waals surface area contributed by atoms with Gasteiger partial charge in [-0.05, 0) is 36.6 Å². The molecule has 110 valence electrons. The Morgan fingerprint density at radius 3 is 2.73 bits per heavy atom. The lowest BCUT2D eigenvalue weighted by Gasteiger charge is -2.11. The molecule has 0 fully saturated rings. The van der Waals surface area contributed by atoms with Gasteiger partial charge in [-0.3, -0.25) is 0 Å². The molecule has 0 bridgehead atoms. The summed E-state index contributed by atoms with van der Waals surface area (Å²) < 4.78 is 4.59. The van der Waals surface area contributed by atoms with E-state index in [1.54, 1.807) is 12.4 Å². The highest BCUT2D eigenvalue weighted by atomic mass is 16.5. The predicted octanol–water partition coefficient (Wildman–Crippen LogP) is 2.27. The highest BCUT2D eigenvalue weighted by Gasteiger charge is 2.18. The first kappa shape index (κ1) is 14.1. The molecule has 0 atom stereocenters. The summed E-state index contributed by atoms with van der Waals surface area (Å²) in [6.45, 7) is 2.75. The van der Waals surface area contributed by atoms with Crippen molar-refractivity contribution < 1.29 is 9.53 Å². The van der Waals surface area contributed by atoms with Crippen LogP contribution in [0.5, 0.6) is 0 Å². The second-order valence-corrected chi connectivity index (χ2v) is 4.89. The second kappa shape index (κ2) is 5.86. The molecule has 0 amide bonds. The summed E-state index contributed by atoms with van der Waals surface area (Å²) >= 11 is 0. The molecule has 0 saturated carbocycles. The van der Waals surface area contributed by atoms with Crippen LogP contribution in [0.15, 0.2) is 30.6 Å². The highest BCUT2D eigenvalue weighted by molar-refractivity contribution is 5.85. The van der Waals surface area contributed by atoms with Gasteiger partial charge in [-0.2, -0.15) is 0 Å². The lowest BCUT2D eigenvalue weighted by atomic mass is 10.0. The first-order chi connectivity index (χ1) is 10.7. The summed E-state index contributed by atoms with van der Waals surface area (Å²) in [5, 5.41) is 0. The van der Waals surface area contributed by atoms with Crippen LogP contribution in [0.1, 0.15) is 23.1 Å². The van der Waals surface area contributed by atoms with Gasteiger partial charge in [0.2, 0.25) is 5.82 Å². The number of carbonyl (C=O) groups excluding carboxylic acids is 1. The maximum absolute atomic E-state index is 11.3. The fourth-order valence-electron chi connectivity index (χ4n) is 2.51. The SMILES string of the molecule is CC#CN1CCc2cc(-c3cnc(C(=O)OC)nc3)ccc21. The molecular formula is C17H15N3O2. The minimum Gasteiger partial charge on any atom is -0.463 e. The van der Waals surface area contributed by atoms with Crippen LogP contribution in [0, 0.1) is 12.0 Å². The van der Waals surface area contributed by atoms with Crippen molar-refractivity contribution in [2.24, 2.45) is 0 Å². The number of fused-ring (bicyclic) bond motifs is 1. The van der Waals surface area contributed by atoms with E-state index in [1.165, 1.54) is 12.7 Å². The molecule has 2 aromatic rings. The van der Waals surface area contributed by atoms with Crippen molar-refractivity contribution >= 4 is 11.7 Å². The van der Waals surface area contributed by atoms with Crippen LogP contribution in [0.4, 0.5) is 5.69 Å². The zero-order chi connectivity index (χ0) is 15.5. The van der Waals surface area contributed by atoms with Crippen molar-refractivity contribution in [3.8, 4) is 23.1 Å². The number of aromatic nitrogens is 2. The van der Waals surface area contributed by atoms with Crippen LogP contribution in [0.2, 0.25) is 0 Å². The van der Waals surface area contributed by atoms with E-state index < -0.39 is 5.97 Å². The summed E-state index contributed by atoms with van der Waals surface area (Å²) in [4.78, 5) is 21.5. The number of benzene rings is 1. The standard InChI is InChI=1S/C17H15N3O2/c1-3-7-20-8-6-13-9-12(4-5-15(13)20)14-10-18-16(19-11-14)17(21)22-2/h4-5,9-11H,6,8H2,1-2H3. The first-order valence-electron chi connectivity index (χ1n) is 6.96. The quantitative estimate of drug-likeness (QED) is 0.628. The highest BCUT2D eigenvalue weighted by Crippen LogP contribution is 2.31. The normalized spacial score (nSPS) is 12.4. The molecule has 5 heteroatoms. The molecule has 22 heavy (non-hydrogen) atoms. The largest absolute Gasteiger partial charge is 0.463 e. The number of nitrogens with zero attached hydrogens (tertiary/aromatic N) is 3. The summed E-state index contributed by atoms with van der Waals surface area (Å²) in [6.07, 6.45) is 4.25.